The summed E-state index contributed by atoms with van der Waals surface area (Å²) in [5.74, 6) is 0. The van der Waals surface area contributed by atoms with Gasteiger partial charge in [-0.25, -0.2) is 0 Å². The second-order valence-corrected chi connectivity index (χ2v) is 11.0. The first-order valence-electron chi connectivity index (χ1n) is 14.8. The van der Waals surface area contributed by atoms with Gasteiger partial charge in [-0.15, -0.1) is 0 Å². The van der Waals surface area contributed by atoms with Crippen molar-refractivity contribution in [3.05, 3.63) is 176 Å². The first-order valence-corrected chi connectivity index (χ1v) is 14.8. The zero-order valence-electron chi connectivity index (χ0n) is 23.7. The van der Waals surface area contributed by atoms with E-state index in [0.29, 0.717) is 0 Å². The van der Waals surface area contributed by atoms with E-state index in [-0.39, 0.29) is 0 Å². The second kappa shape index (κ2) is 10.6. The number of para-hydroxylation sites is 2. The van der Waals surface area contributed by atoms with E-state index < -0.39 is 0 Å². The van der Waals surface area contributed by atoms with Gasteiger partial charge in [-0.2, -0.15) is 0 Å². The molecule has 1 heteroatoms. The maximum Gasteiger partial charge on any atom is 0.0540 e. The van der Waals surface area contributed by atoms with Gasteiger partial charge in [0.2, 0.25) is 0 Å². The van der Waals surface area contributed by atoms with Crippen LogP contribution in [0.2, 0.25) is 0 Å². The standard InChI is InChI=1S/C42H29N/c1-2-18-33(19-3-1)43(42-27-11-10-25-40(42)38-26-13-16-30-14-4-6-21-35(30)38)34-20-12-17-31(28-34)41-29-32-15-5-7-22-36(32)37-23-8-9-24-39(37)41/h1-29H. The summed E-state index contributed by atoms with van der Waals surface area (Å²) in [4.78, 5) is 2.39. The Labute approximate surface area is 251 Å². The predicted molar refractivity (Wildman–Crippen MR) is 185 cm³/mol. The molecule has 8 aromatic rings. The molecule has 0 saturated carbocycles. The molecule has 202 valence electrons. The van der Waals surface area contributed by atoms with E-state index in [4.69, 9.17) is 0 Å². The molecular weight excluding hydrogens is 518 g/mol. The first-order chi connectivity index (χ1) is 21.3. The topological polar surface area (TPSA) is 3.24 Å². The minimum atomic E-state index is 1.12. The highest BCUT2D eigenvalue weighted by atomic mass is 15.1. The molecular formula is C42H29N. The van der Waals surface area contributed by atoms with Gasteiger partial charge in [0, 0.05) is 16.9 Å². The van der Waals surface area contributed by atoms with Crippen molar-refractivity contribution in [2.45, 2.75) is 0 Å². The third-order valence-corrected chi connectivity index (χ3v) is 8.42. The number of benzene rings is 8. The molecule has 0 unspecified atom stereocenters. The van der Waals surface area contributed by atoms with E-state index >= 15 is 0 Å². The summed E-state index contributed by atoms with van der Waals surface area (Å²) in [6.45, 7) is 0. The summed E-state index contributed by atoms with van der Waals surface area (Å²) in [7, 11) is 0. The number of hydrogen-bond donors (Lipinski definition) is 0. The third kappa shape index (κ3) is 4.43. The van der Waals surface area contributed by atoms with E-state index in [9.17, 15) is 0 Å². The average molecular weight is 548 g/mol. The van der Waals surface area contributed by atoms with Crippen LogP contribution in [0.3, 0.4) is 0 Å². The molecule has 43 heavy (non-hydrogen) atoms. The van der Waals surface area contributed by atoms with Crippen LogP contribution < -0.4 is 4.90 Å². The van der Waals surface area contributed by atoms with Crippen LogP contribution in [0, 0.1) is 0 Å². The smallest absolute Gasteiger partial charge is 0.0540 e. The van der Waals surface area contributed by atoms with Crippen molar-refractivity contribution in [3.63, 3.8) is 0 Å². The molecule has 0 amide bonds. The Bertz CT molecular complexity index is 2240. The lowest BCUT2D eigenvalue weighted by Gasteiger charge is -2.28. The lowest BCUT2D eigenvalue weighted by Crippen LogP contribution is -2.11. The van der Waals surface area contributed by atoms with E-state index in [1.165, 1.54) is 54.6 Å². The molecule has 0 radical (unpaired) electrons. The highest BCUT2D eigenvalue weighted by molar-refractivity contribution is 6.14. The number of fused-ring (bicyclic) bond motifs is 4. The van der Waals surface area contributed by atoms with Gasteiger partial charge >= 0.3 is 0 Å². The summed E-state index contributed by atoms with van der Waals surface area (Å²) >= 11 is 0. The van der Waals surface area contributed by atoms with Crippen LogP contribution in [0.5, 0.6) is 0 Å². The number of anilines is 3. The fourth-order valence-electron chi connectivity index (χ4n) is 6.47. The van der Waals surface area contributed by atoms with Crippen LogP contribution in [-0.2, 0) is 0 Å². The first kappa shape index (κ1) is 25.1. The lowest BCUT2D eigenvalue weighted by atomic mass is 9.93. The van der Waals surface area contributed by atoms with Gasteiger partial charge in [0.05, 0.1) is 5.69 Å². The van der Waals surface area contributed by atoms with Crippen molar-refractivity contribution in [3.8, 4) is 22.3 Å². The quantitative estimate of drug-likeness (QED) is 0.194. The fourth-order valence-corrected chi connectivity index (χ4v) is 6.47. The Hall–Kier alpha value is -5.66. The molecule has 0 aliphatic rings. The van der Waals surface area contributed by atoms with Crippen LogP contribution >= 0.6 is 0 Å². The minimum absolute atomic E-state index is 1.12. The molecule has 0 bridgehead atoms. The lowest BCUT2D eigenvalue weighted by molar-refractivity contribution is 1.28. The monoisotopic (exact) mass is 547 g/mol. The largest absolute Gasteiger partial charge is 0.310 e. The molecule has 0 N–H and O–H groups in total. The van der Waals surface area contributed by atoms with Crippen molar-refractivity contribution in [2.24, 2.45) is 0 Å². The van der Waals surface area contributed by atoms with Gasteiger partial charge in [0.25, 0.3) is 0 Å². The molecule has 0 fully saturated rings. The Kier molecular flexibility index (Phi) is 6.20. The number of hydrogen-bond acceptors (Lipinski definition) is 1. The SMILES string of the molecule is c1ccc(N(c2cccc(-c3cc4ccccc4c4ccccc34)c2)c2ccccc2-c2cccc3ccccc23)cc1. The Morgan fingerprint density at radius 2 is 0.884 bits per heavy atom. The highest BCUT2D eigenvalue weighted by Gasteiger charge is 2.19. The number of rotatable bonds is 5. The van der Waals surface area contributed by atoms with Crippen molar-refractivity contribution >= 4 is 49.4 Å². The third-order valence-electron chi connectivity index (χ3n) is 8.42. The molecule has 0 atom stereocenters. The minimum Gasteiger partial charge on any atom is -0.310 e. The molecule has 8 rings (SSSR count). The Balaban J connectivity index is 1.36. The summed E-state index contributed by atoms with van der Waals surface area (Å²) in [5.41, 5.74) is 8.25. The van der Waals surface area contributed by atoms with Gasteiger partial charge in [-0.1, -0.05) is 140 Å². The average Bonchev–Trinajstić information content (AvgIpc) is 3.09. The fraction of sp³-hybridized carbons (Fsp3) is 0. The van der Waals surface area contributed by atoms with Crippen molar-refractivity contribution in [1.82, 2.24) is 0 Å². The molecule has 0 heterocycles. The van der Waals surface area contributed by atoms with Crippen LogP contribution in [0.4, 0.5) is 17.1 Å². The molecule has 0 aromatic heterocycles. The van der Waals surface area contributed by atoms with Crippen LogP contribution in [0.15, 0.2) is 176 Å². The van der Waals surface area contributed by atoms with Gasteiger partial charge in [0.1, 0.15) is 0 Å². The Morgan fingerprint density at radius 1 is 0.302 bits per heavy atom. The molecule has 8 aromatic carbocycles. The van der Waals surface area contributed by atoms with Crippen LogP contribution in [0.1, 0.15) is 0 Å². The second-order valence-electron chi connectivity index (χ2n) is 11.0. The normalized spacial score (nSPS) is 11.3. The van der Waals surface area contributed by atoms with Gasteiger partial charge in [0.15, 0.2) is 0 Å². The van der Waals surface area contributed by atoms with Crippen LogP contribution in [-0.4, -0.2) is 0 Å². The highest BCUT2D eigenvalue weighted by Crippen LogP contribution is 2.44. The maximum absolute atomic E-state index is 2.39. The molecule has 0 aliphatic heterocycles. The number of nitrogens with zero attached hydrogens (tertiary/aromatic N) is 1. The van der Waals surface area contributed by atoms with E-state index in [0.717, 1.165) is 17.1 Å². The molecule has 0 saturated heterocycles. The zero-order chi connectivity index (χ0) is 28.6. The summed E-state index contributed by atoms with van der Waals surface area (Å²) in [6, 6.07) is 63.4. The van der Waals surface area contributed by atoms with Gasteiger partial charge < -0.3 is 4.90 Å². The summed E-state index contributed by atoms with van der Waals surface area (Å²) in [5, 5.41) is 7.58. The summed E-state index contributed by atoms with van der Waals surface area (Å²) < 4.78 is 0. The molecule has 0 spiro atoms. The van der Waals surface area contributed by atoms with Crippen molar-refractivity contribution in [1.29, 1.82) is 0 Å². The predicted octanol–water partition coefficient (Wildman–Crippen LogP) is 11.9. The van der Waals surface area contributed by atoms with E-state index in [1.807, 2.05) is 0 Å². The van der Waals surface area contributed by atoms with Gasteiger partial charge in [-0.05, 0) is 85.4 Å². The van der Waals surface area contributed by atoms with Crippen molar-refractivity contribution in [2.75, 3.05) is 4.90 Å². The Morgan fingerprint density at radius 3 is 1.74 bits per heavy atom. The summed E-state index contributed by atoms with van der Waals surface area (Å²) in [6.07, 6.45) is 0. The van der Waals surface area contributed by atoms with Crippen molar-refractivity contribution < 1.29 is 0 Å². The molecule has 1 nitrogen and oxygen atoms in total. The zero-order valence-corrected chi connectivity index (χ0v) is 23.7. The van der Waals surface area contributed by atoms with E-state index in [2.05, 4.69) is 181 Å². The molecule has 0 aliphatic carbocycles. The maximum atomic E-state index is 2.39. The van der Waals surface area contributed by atoms with Gasteiger partial charge in [-0.3, -0.25) is 0 Å². The van der Waals surface area contributed by atoms with E-state index in [1.54, 1.807) is 0 Å². The van der Waals surface area contributed by atoms with Crippen LogP contribution in [0.25, 0.3) is 54.6 Å².